The number of aryl methyl sites for hydroxylation is 1. The lowest BCUT2D eigenvalue weighted by molar-refractivity contribution is 0.303. The Bertz CT molecular complexity index is 1190. The molecule has 0 heterocycles. The molecule has 0 bridgehead atoms. The molecule has 1 aliphatic carbocycles. The fraction of sp³-hybridized carbons (Fsp3) is 0.394. The summed E-state index contributed by atoms with van der Waals surface area (Å²) in [6.07, 6.45) is 11.6. The van der Waals surface area contributed by atoms with Gasteiger partial charge in [-0.15, -0.1) is 0 Å². The van der Waals surface area contributed by atoms with Gasteiger partial charge in [0.1, 0.15) is 11.6 Å². The molecule has 4 rings (SSSR count). The van der Waals surface area contributed by atoms with Crippen molar-refractivity contribution in [3.05, 3.63) is 94.8 Å². The van der Waals surface area contributed by atoms with E-state index in [4.69, 9.17) is 4.74 Å². The van der Waals surface area contributed by atoms with E-state index in [1.165, 1.54) is 18.9 Å². The average molecular weight is 507 g/mol. The van der Waals surface area contributed by atoms with Crippen molar-refractivity contribution in [1.82, 2.24) is 0 Å². The first-order valence-electron chi connectivity index (χ1n) is 13.6. The summed E-state index contributed by atoms with van der Waals surface area (Å²) in [6, 6.07) is 15.9. The van der Waals surface area contributed by atoms with Gasteiger partial charge in [0.2, 0.25) is 0 Å². The molecule has 0 atom stereocenters. The maximum atomic E-state index is 15.0. The highest BCUT2D eigenvalue weighted by Crippen LogP contribution is 2.39. The summed E-state index contributed by atoms with van der Waals surface area (Å²) in [6.45, 7) is 4.74. The quantitative estimate of drug-likeness (QED) is 0.249. The molecule has 3 aromatic carbocycles. The molecule has 0 N–H and O–H groups in total. The van der Waals surface area contributed by atoms with E-state index < -0.39 is 11.6 Å². The van der Waals surface area contributed by atoms with Gasteiger partial charge in [-0.1, -0.05) is 80.3 Å². The highest BCUT2D eigenvalue weighted by atomic mass is 19.2. The Hall–Kier alpha value is -3.01. The molecular formula is C33H37F3O. The third-order valence-corrected chi connectivity index (χ3v) is 7.47. The molecule has 4 heteroatoms. The maximum Gasteiger partial charge on any atom is 0.166 e. The van der Waals surface area contributed by atoms with Crippen LogP contribution in [0, 0.1) is 30.3 Å². The standard InChI is InChI=1S/C33H37F3O/c1-3-4-5-6-21-37-28-18-17-27(31(34)22-28)16-11-24-9-14-26(15-10-24)30-20-19-29(32(35)33(30)36)25-12-7-23(2)8-13-25/h7-8,11-13,16-20,22,24,26H,3-6,9-10,14-15,21H2,1-2H3/b16-11+. The molecule has 196 valence electrons. The Kier molecular flexibility index (Phi) is 9.49. The van der Waals surface area contributed by atoms with E-state index >= 15 is 4.39 Å². The normalized spacial score (nSPS) is 17.9. The van der Waals surface area contributed by atoms with E-state index in [1.54, 1.807) is 18.2 Å². The van der Waals surface area contributed by atoms with E-state index in [0.29, 0.717) is 40.5 Å². The summed E-state index contributed by atoms with van der Waals surface area (Å²) in [5.41, 5.74) is 3.07. The molecule has 3 aromatic rings. The van der Waals surface area contributed by atoms with Crippen LogP contribution in [0.25, 0.3) is 17.2 Å². The SMILES string of the molecule is CCCCCCOc1ccc(/C=C/C2CCC(c3ccc(-c4ccc(C)cc4)c(F)c3F)CC2)c(F)c1. The van der Waals surface area contributed by atoms with Gasteiger partial charge < -0.3 is 4.74 Å². The molecule has 0 spiro atoms. The zero-order valence-electron chi connectivity index (χ0n) is 21.9. The Morgan fingerprint density at radius 3 is 2.30 bits per heavy atom. The molecular weight excluding hydrogens is 469 g/mol. The third kappa shape index (κ3) is 7.06. The molecule has 0 saturated heterocycles. The predicted octanol–water partition coefficient (Wildman–Crippen LogP) is 10.0. The Labute approximate surface area is 219 Å². The van der Waals surface area contributed by atoms with E-state index in [-0.39, 0.29) is 11.7 Å². The summed E-state index contributed by atoms with van der Waals surface area (Å²) >= 11 is 0. The lowest BCUT2D eigenvalue weighted by Crippen LogP contribution is -2.13. The monoisotopic (exact) mass is 506 g/mol. The van der Waals surface area contributed by atoms with Crippen molar-refractivity contribution in [2.24, 2.45) is 5.92 Å². The molecule has 1 fully saturated rings. The zero-order valence-corrected chi connectivity index (χ0v) is 21.9. The minimum Gasteiger partial charge on any atom is -0.493 e. The van der Waals surface area contributed by atoms with Crippen LogP contribution >= 0.6 is 0 Å². The Morgan fingerprint density at radius 2 is 1.59 bits per heavy atom. The number of allylic oxidation sites excluding steroid dienone is 1. The van der Waals surface area contributed by atoms with Gasteiger partial charge in [-0.05, 0) is 74.1 Å². The fourth-order valence-corrected chi connectivity index (χ4v) is 5.15. The summed E-state index contributed by atoms with van der Waals surface area (Å²) in [4.78, 5) is 0. The smallest absolute Gasteiger partial charge is 0.166 e. The molecule has 0 aromatic heterocycles. The van der Waals surface area contributed by atoms with E-state index in [0.717, 1.165) is 44.1 Å². The lowest BCUT2D eigenvalue weighted by atomic mass is 9.78. The van der Waals surface area contributed by atoms with Crippen LogP contribution < -0.4 is 4.74 Å². The first-order valence-corrected chi connectivity index (χ1v) is 13.6. The Morgan fingerprint density at radius 1 is 0.838 bits per heavy atom. The van der Waals surface area contributed by atoms with Crippen molar-refractivity contribution in [1.29, 1.82) is 0 Å². The summed E-state index contributed by atoms with van der Waals surface area (Å²) in [5.74, 6) is -0.933. The molecule has 0 unspecified atom stereocenters. The van der Waals surface area contributed by atoms with E-state index in [9.17, 15) is 8.78 Å². The van der Waals surface area contributed by atoms with Gasteiger partial charge in [0.25, 0.3) is 0 Å². The number of ether oxygens (including phenoxy) is 1. The van der Waals surface area contributed by atoms with Gasteiger partial charge >= 0.3 is 0 Å². The summed E-state index contributed by atoms with van der Waals surface area (Å²) in [5, 5.41) is 0. The largest absolute Gasteiger partial charge is 0.493 e. The number of unbranched alkanes of at least 4 members (excludes halogenated alkanes) is 3. The van der Waals surface area contributed by atoms with Crippen LogP contribution in [0.15, 0.2) is 60.7 Å². The highest BCUT2D eigenvalue weighted by Gasteiger charge is 2.25. The number of halogens is 3. The van der Waals surface area contributed by atoms with Gasteiger partial charge in [-0.3, -0.25) is 0 Å². The summed E-state index contributed by atoms with van der Waals surface area (Å²) < 4.78 is 50.2. The van der Waals surface area contributed by atoms with Crippen LogP contribution in [0.2, 0.25) is 0 Å². The second-order valence-electron chi connectivity index (χ2n) is 10.3. The fourth-order valence-electron chi connectivity index (χ4n) is 5.15. The molecule has 1 aliphatic rings. The van der Waals surface area contributed by atoms with Crippen LogP contribution in [-0.2, 0) is 0 Å². The van der Waals surface area contributed by atoms with E-state index in [1.807, 2.05) is 43.3 Å². The average Bonchev–Trinajstić information content (AvgIpc) is 2.91. The van der Waals surface area contributed by atoms with Crippen LogP contribution in [0.4, 0.5) is 13.2 Å². The highest BCUT2D eigenvalue weighted by molar-refractivity contribution is 5.65. The van der Waals surface area contributed by atoms with Crippen molar-refractivity contribution in [2.75, 3.05) is 6.61 Å². The lowest BCUT2D eigenvalue weighted by Gasteiger charge is -2.27. The van der Waals surface area contributed by atoms with E-state index in [2.05, 4.69) is 13.0 Å². The second-order valence-corrected chi connectivity index (χ2v) is 10.3. The van der Waals surface area contributed by atoms with Gasteiger partial charge in [-0.2, -0.15) is 0 Å². The third-order valence-electron chi connectivity index (χ3n) is 7.47. The molecule has 0 aliphatic heterocycles. The van der Waals surface area contributed by atoms with Crippen molar-refractivity contribution < 1.29 is 17.9 Å². The molecule has 1 saturated carbocycles. The molecule has 37 heavy (non-hydrogen) atoms. The van der Waals surface area contributed by atoms with Crippen LogP contribution in [-0.4, -0.2) is 6.61 Å². The first kappa shape index (κ1) is 27.0. The minimum absolute atomic E-state index is 0.00304. The van der Waals surface area contributed by atoms with Crippen molar-refractivity contribution in [3.8, 4) is 16.9 Å². The predicted molar refractivity (Wildman–Crippen MR) is 146 cm³/mol. The van der Waals surface area contributed by atoms with Gasteiger partial charge in [0.15, 0.2) is 11.6 Å². The Balaban J connectivity index is 1.32. The number of rotatable bonds is 10. The van der Waals surface area contributed by atoms with Crippen molar-refractivity contribution in [2.45, 2.75) is 71.1 Å². The number of hydrogen-bond donors (Lipinski definition) is 0. The molecule has 1 nitrogen and oxygen atoms in total. The maximum absolute atomic E-state index is 15.0. The second kappa shape index (κ2) is 13.0. The van der Waals surface area contributed by atoms with Crippen LogP contribution in [0.3, 0.4) is 0 Å². The number of hydrogen-bond acceptors (Lipinski definition) is 1. The van der Waals surface area contributed by atoms with Crippen LogP contribution in [0.1, 0.15) is 80.9 Å². The summed E-state index contributed by atoms with van der Waals surface area (Å²) in [7, 11) is 0. The molecule has 0 amide bonds. The topological polar surface area (TPSA) is 9.23 Å². The zero-order chi connectivity index (χ0) is 26.2. The first-order chi connectivity index (χ1) is 18.0. The van der Waals surface area contributed by atoms with Gasteiger partial charge in [0, 0.05) is 17.2 Å². The van der Waals surface area contributed by atoms with Crippen molar-refractivity contribution >= 4 is 6.08 Å². The van der Waals surface area contributed by atoms with Crippen LogP contribution in [0.5, 0.6) is 5.75 Å². The van der Waals surface area contributed by atoms with Gasteiger partial charge in [-0.25, -0.2) is 13.2 Å². The molecule has 0 radical (unpaired) electrons. The minimum atomic E-state index is -0.771. The van der Waals surface area contributed by atoms with Gasteiger partial charge in [0.05, 0.1) is 6.61 Å². The number of benzene rings is 3. The van der Waals surface area contributed by atoms with Crippen molar-refractivity contribution in [3.63, 3.8) is 0 Å².